The number of ether oxygens (including phenoxy) is 2. The summed E-state index contributed by atoms with van der Waals surface area (Å²) in [5.41, 5.74) is 3.08. The van der Waals surface area contributed by atoms with Crippen molar-refractivity contribution in [3.63, 3.8) is 0 Å². The van der Waals surface area contributed by atoms with Crippen molar-refractivity contribution >= 4 is 23.2 Å². The van der Waals surface area contributed by atoms with Crippen LogP contribution in [-0.2, 0) is 16.0 Å². The van der Waals surface area contributed by atoms with Gasteiger partial charge in [-0.1, -0.05) is 0 Å². The fourth-order valence-corrected chi connectivity index (χ4v) is 3.47. The topological polar surface area (TPSA) is 86.0 Å². The molecule has 0 spiro atoms. The molecule has 1 aromatic carbocycles. The van der Waals surface area contributed by atoms with Crippen molar-refractivity contribution in [3.05, 3.63) is 53.5 Å². The minimum atomic E-state index is -0.605. The molecule has 0 saturated carbocycles. The molecule has 0 radical (unpaired) electrons. The predicted molar refractivity (Wildman–Crippen MR) is 102 cm³/mol. The van der Waals surface area contributed by atoms with Crippen LogP contribution < -0.4 is 9.64 Å². The fraction of sp³-hybridized carbons (Fsp3) is 0.300. The van der Waals surface area contributed by atoms with Crippen LogP contribution in [0, 0.1) is 6.92 Å². The highest BCUT2D eigenvalue weighted by atomic mass is 16.5. The Morgan fingerprint density at radius 2 is 2.14 bits per heavy atom. The van der Waals surface area contributed by atoms with Gasteiger partial charge in [-0.15, -0.1) is 0 Å². The zero-order valence-electron chi connectivity index (χ0n) is 15.7. The Morgan fingerprint density at radius 1 is 1.29 bits per heavy atom. The lowest BCUT2D eigenvalue weighted by atomic mass is 10.0. The van der Waals surface area contributed by atoms with Crippen LogP contribution in [0.25, 0.3) is 5.65 Å². The lowest BCUT2D eigenvalue weighted by Gasteiger charge is -2.29. The lowest BCUT2D eigenvalue weighted by molar-refractivity contribution is -0.121. The molecule has 0 saturated heterocycles. The van der Waals surface area contributed by atoms with Gasteiger partial charge in [-0.3, -0.25) is 4.79 Å². The maximum atomic E-state index is 12.7. The van der Waals surface area contributed by atoms with Crippen molar-refractivity contribution in [2.75, 3.05) is 25.2 Å². The van der Waals surface area contributed by atoms with E-state index in [4.69, 9.17) is 9.47 Å². The number of nitrogens with zero attached hydrogens (tertiary/aromatic N) is 4. The third kappa shape index (κ3) is 3.17. The maximum Gasteiger partial charge on any atom is 0.344 e. The third-order valence-corrected chi connectivity index (χ3v) is 4.81. The van der Waals surface area contributed by atoms with E-state index in [-0.39, 0.29) is 18.1 Å². The van der Waals surface area contributed by atoms with E-state index in [0.717, 1.165) is 29.8 Å². The van der Waals surface area contributed by atoms with E-state index in [1.54, 1.807) is 37.4 Å². The van der Waals surface area contributed by atoms with Crippen molar-refractivity contribution in [2.45, 2.75) is 19.8 Å². The summed E-state index contributed by atoms with van der Waals surface area (Å²) in [4.78, 5) is 31.1. The minimum Gasteiger partial charge on any atom is -0.497 e. The number of aryl methyl sites for hydroxylation is 2. The lowest BCUT2D eigenvalue weighted by Crippen LogP contribution is -2.38. The van der Waals surface area contributed by atoms with Gasteiger partial charge >= 0.3 is 5.97 Å². The molecule has 1 aliphatic heterocycles. The number of hydrogen-bond donors (Lipinski definition) is 0. The molecule has 1 aliphatic rings. The monoisotopic (exact) mass is 380 g/mol. The second-order valence-corrected chi connectivity index (χ2v) is 6.57. The molecule has 2 aromatic heterocycles. The number of methoxy groups -OCH3 is 1. The highest BCUT2D eigenvalue weighted by Gasteiger charge is 2.25. The Bertz CT molecular complexity index is 1060. The number of anilines is 1. The molecule has 0 bridgehead atoms. The van der Waals surface area contributed by atoms with Crippen LogP contribution in [0.4, 0.5) is 5.69 Å². The van der Waals surface area contributed by atoms with Crippen LogP contribution in [0.15, 0.2) is 36.7 Å². The van der Waals surface area contributed by atoms with Gasteiger partial charge in [0.25, 0.3) is 5.91 Å². The van der Waals surface area contributed by atoms with Gasteiger partial charge < -0.3 is 14.4 Å². The fourth-order valence-electron chi connectivity index (χ4n) is 3.47. The zero-order valence-corrected chi connectivity index (χ0v) is 15.7. The molecule has 4 rings (SSSR count). The molecule has 144 valence electrons. The first-order valence-corrected chi connectivity index (χ1v) is 9.03. The highest BCUT2D eigenvalue weighted by Crippen LogP contribution is 2.30. The van der Waals surface area contributed by atoms with E-state index in [9.17, 15) is 9.59 Å². The van der Waals surface area contributed by atoms with Gasteiger partial charge in [0.15, 0.2) is 12.3 Å². The van der Waals surface area contributed by atoms with Gasteiger partial charge in [0.05, 0.1) is 12.8 Å². The van der Waals surface area contributed by atoms with Crippen molar-refractivity contribution in [1.82, 2.24) is 14.6 Å². The summed E-state index contributed by atoms with van der Waals surface area (Å²) in [6.07, 6.45) is 5.01. The smallest absolute Gasteiger partial charge is 0.344 e. The Labute approximate surface area is 161 Å². The Hall–Kier alpha value is -3.42. The van der Waals surface area contributed by atoms with Gasteiger partial charge in [-0.05, 0) is 49.6 Å². The maximum absolute atomic E-state index is 12.7. The first kappa shape index (κ1) is 18.0. The van der Waals surface area contributed by atoms with Gasteiger partial charge in [-0.25, -0.2) is 14.3 Å². The number of rotatable bonds is 4. The van der Waals surface area contributed by atoms with Gasteiger partial charge in [-0.2, -0.15) is 5.10 Å². The number of fused-ring (bicyclic) bond motifs is 2. The molecular formula is C20H20N4O4. The summed E-state index contributed by atoms with van der Waals surface area (Å²) in [6.45, 7) is 1.96. The molecule has 0 atom stereocenters. The molecule has 1 amide bonds. The van der Waals surface area contributed by atoms with E-state index < -0.39 is 5.97 Å². The van der Waals surface area contributed by atoms with Crippen LogP contribution >= 0.6 is 0 Å². The molecular weight excluding hydrogens is 360 g/mol. The Morgan fingerprint density at radius 3 is 2.96 bits per heavy atom. The zero-order chi connectivity index (χ0) is 19.7. The Kier molecular flexibility index (Phi) is 4.68. The summed E-state index contributed by atoms with van der Waals surface area (Å²) < 4.78 is 12.1. The first-order chi connectivity index (χ1) is 13.6. The molecule has 0 fully saturated rings. The van der Waals surface area contributed by atoms with Crippen LogP contribution in [0.3, 0.4) is 0 Å². The summed E-state index contributed by atoms with van der Waals surface area (Å²) >= 11 is 0. The molecule has 0 N–H and O–H groups in total. The summed E-state index contributed by atoms with van der Waals surface area (Å²) in [6, 6.07) is 7.35. The summed E-state index contributed by atoms with van der Waals surface area (Å²) in [7, 11) is 1.62. The number of carbonyl (C=O) groups is 2. The van der Waals surface area contributed by atoms with Crippen LogP contribution in [0.2, 0.25) is 0 Å². The standard InChI is InChI=1S/C20H20N4O4/c1-13-18(19-21-8-4-10-24(19)22-13)20(26)28-12-17(25)23-9-3-5-14-11-15(27-2)6-7-16(14)23/h4,6-8,10-11H,3,5,9,12H2,1-2H3. The molecule has 0 unspecified atom stereocenters. The first-order valence-electron chi connectivity index (χ1n) is 9.03. The van der Waals surface area contributed by atoms with E-state index in [0.29, 0.717) is 17.9 Å². The largest absolute Gasteiger partial charge is 0.497 e. The summed E-state index contributed by atoms with van der Waals surface area (Å²) in [5, 5.41) is 4.24. The number of esters is 1. The normalized spacial score (nSPS) is 13.3. The van der Waals surface area contributed by atoms with Crippen LogP contribution in [-0.4, -0.2) is 46.7 Å². The molecule has 8 heteroatoms. The van der Waals surface area contributed by atoms with E-state index in [2.05, 4.69) is 10.1 Å². The minimum absolute atomic E-state index is 0.262. The van der Waals surface area contributed by atoms with E-state index in [1.807, 2.05) is 18.2 Å². The average Bonchev–Trinajstić information content (AvgIpc) is 3.06. The second-order valence-electron chi connectivity index (χ2n) is 6.57. The highest BCUT2D eigenvalue weighted by molar-refractivity contribution is 6.00. The van der Waals surface area contributed by atoms with Crippen molar-refractivity contribution < 1.29 is 19.1 Å². The van der Waals surface area contributed by atoms with Crippen molar-refractivity contribution in [1.29, 1.82) is 0 Å². The molecule has 8 nitrogen and oxygen atoms in total. The number of aromatic nitrogens is 3. The number of amides is 1. The number of benzene rings is 1. The van der Waals surface area contributed by atoms with Crippen molar-refractivity contribution in [3.8, 4) is 5.75 Å². The SMILES string of the molecule is COc1ccc2c(c1)CCCN2C(=O)COC(=O)c1c(C)nn2cccnc12. The quantitative estimate of drug-likeness (QED) is 0.645. The third-order valence-electron chi connectivity index (χ3n) is 4.81. The van der Waals surface area contributed by atoms with E-state index >= 15 is 0 Å². The van der Waals surface area contributed by atoms with Gasteiger partial charge in [0.1, 0.15) is 11.3 Å². The van der Waals surface area contributed by atoms with Crippen LogP contribution in [0.5, 0.6) is 5.75 Å². The van der Waals surface area contributed by atoms with Crippen molar-refractivity contribution in [2.24, 2.45) is 0 Å². The summed E-state index contributed by atoms with van der Waals surface area (Å²) in [5.74, 6) is -0.108. The molecule has 3 heterocycles. The number of hydrogen-bond acceptors (Lipinski definition) is 6. The molecule has 0 aliphatic carbocycles. The second kappa shape index (κ2) is 7.30. The van der Waals surface area contributed by atoms with Gasteiger partial charge in [0.2, 0.25) is 0 Å². The number of carbonyl (C=O) groups excluding carboxylic acids is 2. The van der Waals surface area contributed by atoms with Crippen LogP contribution in [0.1, 0.15) is 28.0 Å². The predicted octanol–water partition coefficient (Wildman–Crippen LogP) is 2.18. The molecule has 3 aromatic rings. The molecule has 28 heavy (non-hydrogen) atoms. The van der Waals surface area contributed by atoms with Gasteiger partial charge in [0, 0.05) is 24.6 Å². The Balaban J connectivity index is 1.49. The average molecular weight is 380 g/mol. The van der Waals surface area contributed by atoms with E-state index in [1.165, 1.54) is 4.52 Å².